The zero-order chi connectivity index (χ0) is 22.0. The van der Waals surface area contributed by atoms with Crippen molar-refractivity contribution in [1.29, 1.82) is 0 Å². The molecule has 0 saturated carbocycles. The number of methoxy groups -OCH3 is 1. The Bertz CT molecular complexity index is 940. The summed E-state index contributed by atoms with van der Waals surface area (Å²) in [5, 5.41) is 7.96. The highest BCUT2D eigenvalue weighted by Gasteiger charge is 2.39. The fourth-order valence-corrected chi connectivity index (χ4v) is 2.93. The van der Waals surface area contributed by atoms with Crippen LogP contribution in [0.5, 0.6) is 0 Å². The number of amidine groups is 1. The Morgan fingerprint density at radius 2 is 1.86 bits per heavy atom. The molecule has 1 saturated heterocycles. The molecule has 0 atom stereocenters. The summed E-state index contributed by atoms with van der Waals surface area (Å²) in [5.74, 6) is -1.54. The van der Waals surface area contributed by atoms with Crippen molar-refractivity contribution < 1.29 is 40.7 Å². The van der Waals surface area contributed by atoms with Gasteiger partial charge in [0.05, 0.1) is 34.4 Å². The van der Waals surface area contributed by atoms with Gasteiger partial charge in [0, 0.05) is 11.6 Å². The van der Waals surface area contributed by atoms with E-state index in [0.29, 0.717) is 24.0 Å². The zero-order valence-corrected chi connectivity index (χ0v) is 15.6. The number of thioether (sulfide) groups is 1. The van der Waals surface area contributed by atoms with Crippen molar-refractivity contribution in [2.24, 2.45) is 10.2 Å². The van der Waals surface area contributed by atoms with Gasteiger partial charge in [0.2, 0.25) is 0 Å². The fraction of sp³-hybridized carbons (Fsp3) is 0.200. The molecule has 0 aromatic heterocycles. The first kappa shape index (κ1) is 22.7. The third-order valence-electron chi connectivity index (χ3n) is 3.20. The Morgan fingerprint density at radius 3 is 2.41 bits per heavy atom. The van der Waals surface area contributed by atoms with Gasteiger partial charge in [-0.15, -0.1) is 5.10 Å². The molecule has 1 aromatic carbocycles. The fourth-order valence-electron chi connectivity index (χ4n) is 1.93. The molecule has 0 bridgehead atoms. The summed E-state index contributed by atoms with van der Waals surface area (Å²) in [6.07, 6.45) is -8.81. The van der Waals surface area contributed by atoms with Gasteiger partial charge in [0.1, 0.15) is 0 Å². The molecule has 29 heavy (non-hydrogen) atoms. The van der Waals surface area contributed by atoms with Gasteiger partial charge < -0.3 is 4.74 Å². The van der Waals surface area contributed by atoms with Crippen molar-refractivity contribution in [3.63, 3.8) is 0 Å². The van der Waals surface area contributed by atoms with E-state index in [-0.39, 0.29) is 16.1 Å². The maximum absolute atomic E-state index is 13.1. The Balaban J connectivity index is 2.36. The number of benzene rings is 1. The van der Waals surface area contributed by atoms with Gasteiger partial charge in [-0.05, 0) is 23.9 Å². The summed E-state index contributed by atoms with van der Waals surface area (Å²) in [4.78, 5) is 22.6. The first-order valence-electron chi connectivity index (χ1n) is 7.20. The van der Waals surface area contributed by atoms with Crippen molar-refractivity contribution in [2.75, 3.05) is 7.11 Å². The number of halogens is 7. The number of hydrogen-bond acceptors (Lipinski definition) is 6. The first-order valence-corrected chi connectivity index (χ1v) is 8.40. The quantitative estimate of drug-likeness (QED) is 0.244. The van der Waals surface area contributed by atoms with Gasteiger partial charge in [-0.25, -0.2) is 4.79 Å². The Kier molecular flexibility index (Phi) is 6.63. The smallest absolute Gasteiger partial charge is 0.417 e. The van der Waals surface area contributed by atoms with E-state index in [4.69, 9.17) is 11.6 Å². The van der Waals surface area contributed by atoms with Crippen molar-refractivity contribution in [2.45, 2.75) is 12.4 Å². The van der Waals surface area contributed by atoms with E-state index < -0.39 is 45.9 Å². The SMILES string of the molecule is COC(=O)/C=C1/S/C(=N\N=Cc2c(Cl)cc(C(F)(F)F)cc2C(F)(F)F)NC1=O. The van der Waals surface area contributed by atoms with E-state index in [1.54, 1.807) is 0 Å². The van der Waals surface area contributed by atoms with Crippen LogP contribution in [0.3, 0.4) is 0 Å². The second kappa shape index (κ2) is 8.45. The number of esters is 1. The first-order chi connectivity index (χ1) is 13.3. The standard InChI is InChI=1S/C15H8ClF6N3O3S/c1-28-11(26)4-10-12(27)24-13(29-10)25-23-5-7-8(15(20,21)22)2-6(3-9(7)16)14(17,18)19/h2-5H,1H3,(H,24,25,27)/b10-4+,23-5?. The average Bonchev–Trinajstić information content (AvgIpc) is 2.93. The third kappa shape index (κ3) is 5.73. The molecule has 0 aliphatic carbocycles. The largest absolute Gasteiger partial charge is 0.466 e. The molecule has 1 aromatic rings. The minimum Gasteiger partial charge on any atom is -0.466 e. The number of ether oxygens (including phenoxy) is 1. The molecular formula is C15H8ClF6N3O3S. The molecule has 1 fully saturated rings. The molecule has 1 N–H and O–H groups in total. The third-order valence-corrected chi connectivity index (χ3v) is 4.41. The van der Waals surface area contributed by atoms with Crippen molar-refractivity contribution >= 4 is 46.6 Å². The minimum atomic E-state index is -5.15. The summed E-state index contributed by atoms with van der Waals surface area (Å²) in [5.41, 5.74) is -4.07. The van der Waals surface area contributed by atoms with Crippen LogP contribution in [0, 0.1) is 0 Å². The van der Waals surface area contributed by atoms with E-state index in [2.05, 4.69) is 20.3 Å². The van der Waals surface area contributed by atoms with Crippen LogP contribution in [0.2, 0.25) is 5.02 Å². The van der Waals surface area contributed by atoms with E-state index >= 15 is 0 Å². The van der Waals surface area contributed by atoms with Crippen LogP contribution in [-0.2, 0) is 26.7 Å². The van der Waals surface area contributed by atoms with Crippen LogP contribution in [0.1, 0.15) is 16.7 Å². The molecule has 6 nitrogen and oxygen atoms in total. The molecular weight excluding hydrogens is 452 g/mol. The highest BCUT2D eigenvalue weighted by molar-refractivity contribution is 8.18. The monoisotopic (exact) mass is 459 g/mol. The number of nitrogens with one attached hydrogen (secondary N) is 1. The van der Waals surface area contributed by atoms with Crippen LogP contribution in [0.4, 0.5) is 26.3 Å². The lowest BCUT2D eigenvalue weighted by Gasteiger charge is -2.15. The number of hydrogen-bond donors (Lipinski definition) is 1. The Labute approximate surface area is 167 Å². The van der Waals surface area contributed by atoms with Crippen molar-refractivity contribution in [3.05, 3.63) is 44.8 Å². The lowest BCUT2D eigenvalue weighted by atomic mass is 10.0. The highest BCUT2D eigenvalue weighted by atomic mass is 35.5. The molecule has 14 heteroatoms. The molecule has 1 aliphatic heterocycles. The highest BCUT2D eigenvalue weighted by Crippen LogP contribution is 2.39. The molecule has 0 radical (unpaired) electrons. The molecule has 1 heterocycles. The molecule has 1 amide bonds. The lowest BCUT2D eigenvalue weighted by molar-refractivity contribution is -0.143. The van der Waals surface area contributed by atoms with Crippen LogP contribution in [0.15, 0.2) is 33.3 Å². The number of amides is 1. The van der Waals surface area contributed by atoms with E-state index in [1.165, 1.54) is 0 Å². The van der Waals surface area contributed by atoms with Crippen LogP contribution < -0.4 is 5.32 Å². The summed E-state index contributed by atoms with van der Waals surface area (Å²) >= 11 is 6.24. The Morgan fingerprint density at radius 1 is 1.21 bits per heavy atom. The van der Waals surface area contributed by atoms with Gasteiger partial charge in [-0.2, -0.15) is 31.4 Å². The van der Waals surface area contributed by atoms with Crippen LogP contribution >= 0.6 is 23.4 Å². The van der Waals surface area contributed by atoms with E-state index in [1.807, 2.05) is 0 Å². The maximum Gasteiger partial charge on any atom is 0.417 e. The second-order valence-electron chi connectivity index (χ2n) is 5.15. The molecule has 0 spiro atoms. The predicted molar refractivity (Wildman–Crippen MR) is 92.3 cm³/mol. The number of rotatable bonds is 3. The minimum absolute atomic E-state index is 0.0936. The second-order valence-corrected chi connectivity index (χ2v) is 6.59. The molecule has 2 rings (SSSR count). The summed E-state index contributed by atoms with van der Waals surface area (Å²) < 4.78 is 82.0. The molecule has 1 aliphatic rings. The van der Waals surface area contributed by atoms with Gasteiger partial charge in [0.15, 0.2) is 5.17 Å². The van der Waals surface area contributed by atoms with Crippen molar-refractivity contribution in [3.8, 4) is 0 Å². The summed E-state index contributed by atoms with van der Waals surface area (Å²) in [6, 6.07) is 0.234. The number of carbonyl (C=O) groups excluding carboxylic acids is 2. The van der Waals surface area contributed by atoms with E-state index in [9.17, 15) is 35.9 Å². The topological polar surface area (TPSA) is 80.1 Å². The number of alkyl halides is 6. The average molecular weight is 460 g/mol. The van der Waals surface area contributed by atoms with Gasteiger partial charge in [-0.3, -0.25) is 10.1 Å². The summed E-state index contributed by atoms with van der Waals surface area (Å²) in [7, 11) is 1.09. The van der Waals surface area contributed by atoms with Gasteiger partial charge in [-0.1, -0.05) is 11.6 Å². The summed E-state index contributed by atoms with van der Waals surface area (Å²) in [6.45, 7) is 0. The lowest BCUT2D eigenvalue weighted by Crippen LogP contribution is -2.19. The predicted octanol–water partition coefficient (Wildman–Crippen LogP) is 3.99. The van der Waals surface area contributed by atoms with Crippen molar-refractivity contribution in [1.82, 2.24) is 5.32 Å². The maximum atomic E-state index is 13.1. The van der Waals surface area contributed by atoms with Gasteiger partial charge >= 0.3 is 18.3 Å². The van der Waals surface area contributed by atoms with Crippen LogP contribution in [-0.4, -0.2) is 30.4 Å². The van der Waals surface area contributed by atoms with E-state index in [0.717, 1.165) is 13.2 Å². The zero-order valence-electron chi connectivity index (χ0n) is 14.0. The normalized spacial score (nSPS) is 18.0. The van der Waals surface area contributed by atoms with Gasteiger partial charge in [0.25, 0.3) is 5.91 Å². The number of nitrogens with zero attached hydrogens (tertiary/aromatic N) is 2. The molecule has 156 valence electrons. The number of carbonyl (C=O) groups is 2. The molecule has 0 unspecified atom stereocenters. The van der Waals surface area contributed by atoms with Crippen LogP contribution in [0.25, 0.3) is 0 Å². The Hall–Kier alpha value is -2.54.